The van der Waals surface area contributed by atoms with Gasteiger partial charge in [-0.2, -0.15) is 13.1 Å². The number of fused-ring (bicyclic) bond motifs is 4. The molecule has 6 rings (SSSR count). The second kappa shape index (κ2) is 10.7. The van der Waals surface area contributed by atoms with Crippen LogP contribution in [0.1, 0.15) is 60.5 Å². The molecule has 0 unspecified atom stereocenters. The van der Waals surface area contributed by atoms with Crippen LogP contribution in [0, 0.1) is 11.8 Å². The van der Waals surface area contributed by atoms with Crippen molar-refractivity contribution in [1.82, 2.24) is 9.44 Å². The van der Waals surface area contributed by atoms with E-state index in [9.17, 15) is 18.3 Å². The first-order chi connectivity index (χ1) is 19.1. The number of nitrogens with zero attached hydrogens (tertiary/aromatic N) is 1. The van der Waals surface area contributed by atoms with Crippen LogP contribution in [0.15, 0.2) is 48.6 Å². The Labute approximate surface area is 240 Å². The molecule has 2 aromatic rings. The summed E-state index contributed by atoms with van der Waals surface area (Å²) < 4.78 is 36.5. The van der Waals surface area contributed by atoms with Crippen LogP contribution in [0.2, 0.25) is 5.02 Å². The maximum absolute atomic E-state index is 13.1. The molecule has 4 aliphatic rings. The molecule has 5 atom stereocenters. The molecule has 214 valence electrons. The molecule has 8 nitrogen and oxygen atoms in total. The molecule has 2 heterocycles. The first-order valence-corrected chi connectivity index (χ1v) is 16.0. The molecule has 10 heteroatoms. The second-order valence-electron chi connectivity index (χ2n) is 11.9. The van der Waals surface area contributed by atoms with E-state index in [0.29, 0.717) is 31.9 Å². The van der Waals surface area contributed by atoms with Crippen molar-refractivity contribution < 1.29 is 23.1 Å². The number of carbonyl (C=O) groups excluding carboxylic acids is 1. The monoisotopic (exact) mass is 585 g/mol. The number of ether oxygens (including phenoxy) is 1. The number of aliphatic hydroxyl groups is 1. The van der Waals surface area contributed by atoms with Crippen molar-refractivity contribution in [2.75, 3.05) is 24.6 Å². The lowest BCUT2D eigenvalue weighted by Gasteiger charge is -2.45. The summed E-state index contributed by atoms with van der Waals surface area (Å²) in [4.78, 5) is 15.4. The smallest absolute Gasteiger partial charge is 0.301 e. The Hall–Kier alpha value is -2.59. The molecule has 0 radical (unpaired) electrons. The van der Waals surface area contributed by atoms with Gasteiger partial charge in [-0.05, 0) is 98.7 Å². The summed E-state index contributed by atoms with van der Waals surface area (Å²) in [6.07, 6.45) is 8.30. The van der Waals surface area contributed by atoms with Gasteiger partial charge in [-0.1, -0.05) is 29.8 Å². The number of aliphatic hydroxyl groups excluding tert-OH is 1. The van der Waals surface area contributed by atoms with Crippen LogP contribution in [-0.2, 0) is 22.0 Å². The number of carbonyl (C=O) groups is 1. The van der Waals surface area contributed by atoms with Gasteiger partial charge in [0.2, 0.25) is 0 Å². The lowest BCUT2D eigenvalue weighted by molar-refractivity contribution is 0.0456. The maximum Gasteiger partial charge on any atom is 0.301 e. The van der Waals surface area contributed by atoms with Crippen molar-refractivity contribution in [2.24, 2.45) is 11.8 Å². The number of halogens is 1. The standard InChI is InChI=1S/C30H36ClN3O5S/c1-19-4-2-6-27(35)24-10-7-22(24)16-34-17-30(13-3-5-20-14-23(31)9-11-25(20)30)18-39-28-12-8-21(15-26(28)34)29(36)33-40(37,38)32-19/h2,6,8-9,11-12,14-15,19,22,24,27,32,35H,3-5,7,10,13,16-18H2,1H3,(H,33,36)/b6-2+/t19-,22+,24-,27+,30+/m1/s1. The van der Waals surface area contributed by atoms with Crippen molar-refractivity contribution >= 4 is 33.4 Å². The van der Waals surface area contributed by atoms with E-state index in [0.717, 1.165) is 42.8 Å². The van der Waals surface area contributed by atoms with E-state index in [1.54, 1.807) is 31.2 Å². The summed E-state index contributed by atoms with van der Waals surface area (Å²) in [5.41, 5.74) is 3.25. The van der Waals surface area contributed by atoms with Crippen LogP contribution in [0.4, 0.5) is 5.69 Å². The summed E-state index contributed by atoms with van der Waals surface area (Å²) in [5.74, 6) is 0.362. The predicted molar refractivity (Wildman–Crippen MR) is 155 cm³/mol. The van der Waals surface area contributed by atoms with E-state index in [1.807, 2.05) is 12.1 Å². The Morgan fingerprint density at radius 1 is 1.18 bits per heavy atom. The topological polar surface area (TPSA) is 108 Å². The number of benzene rings is 2. The van der Waals surface area contributed by atoms with Gasteiger partial charge in [-0.3, -0.25) is 4.79 Å². The van der Waals surface area contributed by atoms with Gasteiger partial charge in [0.25, 0.3) is 5.91 Å². The molecular weight excluding hydrogens is 550 g/mol. The van der Waals surface area contributed by atoms with E-state index in [4.69, 9.17) is 16.3 Å². The summed E-state index contributed by atoms with van der Waals surface area (Å²) >= 11 is 6.36. The number of hydrogen-bond acceptors (Lipinski definition) is 6. The minimum Gasteiger partial charge on any atom is -0.490 e. The van der Waals surface area contributed by atoms with Gasteiger partial charge in [0.1, 0.15) is 5.75 Å². The number of anilines is 1. The van der Waals surface area contributed by atoms with Crippen molar-refractivity contribution in [3.8, 4) is 5.75 Å². The molecule has 2 aromatic carbocycles. The van der Waals surface area contributed by atoms with Gasteiger partial charge in [0.15, 0.2) is 0 Å². The molecule has 40 heavy (non-hydrogen) atoms. The lowest BCUT2D eigenvalue weighted by atomic mass is 9.68. The van der Waals surface area contributed by atoms with E-state index >= 15 is 0 Å². The van der Waals surface area contributed by atoms with E-state index in [-0.39, 0.29) is 22.8 Å². The average molecular weight is 586 g/mol. The van der Waals surface area contributed by atoms with Gasteiger partial charge in [-0.25, -0.2) is 4.72 Å². The number of amides is 1. The molecule has 0 aromatic heterocycles. The molecule has 2 aliphatic carbocycles. The zero-order chi connectivity index (χ0) is 28.1. The van der Waals surface area contributed by atoms with Crippen LogP contribution in [0.25, 0.3) is 0 Å². The molecular formula is C30H36ClN3O5S. The average Bonchev–Trinajstić information content (AvgIpc) is 3.02. The van der Waals surface area contributed by atoms with Crippen molar-refractivity contribution in [3.05, 3.63) is 70.3 Å². The Kier molecular flexibility index (Phi) is 7.36. The van der Waals surface area contributed by atoms with Crippen LogP contribution in [0.3, 0.4) is 0 Å². The lowest BCUT2D eigenvalue weighted by Crippen LogP contribution is -2.49. The Balaban J connectivity index is 1.42. The minimum atomic E-state index is -4.08. The molecule has 3 N–H and O–H groups in total. The van der Waals surface area contributed by atoms with Crippen molar-refractivity contribution in [3.63, 3.8) is 0 Å². The normalized spacial score (nSPS) is 32.5. The van der Waals surface area contributed by atoms with Gasteiger partial charge in [-0.15, -0.1) is 0 Å². The summed E-state index contributed by atoms with van der Waals surface area (Å²) in [6, 6.07) is 10.8. The number of hydrogen-bond donors (Lipinski definition) is 3. The third kappa shape index (κ3) is 5.36. The van der Waals surface area contributed by atoms with Gasteiger partial charge < -0.3 is 14.7 Å². The van der Waals surface area contributed by atoms with Crippen LogP contribution in [0.5, 0.6) is 5.75 Å². The molecule has 0 saturated heterocycles. The van der Waals surface area contributed by atoms with Gasteiger partial charge in [0, 0.05) is 35.1 Å². The molecule has 2 bridgehead atoms. The number of aryl methyl sites for hydroxylation is 1. The maximum atomic E-state index is 13.1. The van der Waals surface area contributed by atoms with Crippen molar-refractivity contribution in [1.29, 1.82) is 0 Å². The number of rotatable bonds is 0. The minimum absolute atomic E-state index is 0.114. The Morgan fingerprint density at radius 2 is 2.02 bits per heavy atom. The highest BCUT2D eigenvalue weighted by atomic mass is 35.5. The second-order valence-corrected chi connectivity index (χ2v) is 13.8. The quantitative estimate of drug-likeness (QED) is 0.402. The molecule has 1 spiro atoms. The fourth-order valence-electron chi connectivity index (χ4n) is 6.90. The van der Waals surface area contributed by atoms with E-state index < -0.39 is 28.3 Å². The highest BCUT2D eigenvalue weighted by Crippen LogP contribution is 2.46. The van der Waals surface area contributed by atoms with Crippen molar-refractivity contribution in [2.45, 2.75) is 63.0 Å². The zero-order valence-corrected chi connectivity index (χ0v) is 24.2. The highest BCUT2D eigenvalue weighted by molar-refractivity contribution is 7.88. The SMILES string of the molecule is C[C@@H]1C/C=C/[C@H](O)[C@@H]2CC[C@H]2CN2C[C@@]3(CCCc4cc(Cl)ccc43)COc3ccc(cc32)C(=O)NS(=O)(=O)N1. The summed E-state index contributed by atoms with van der Waals surface area (Å²) in [7, 11) is -4.08. The van der Waals surface area contributed by atoms with E-state index in [2.05, 4.69) is 26.5 Å². The third-order valence-corrected chi connectivity index (χ3v) is 10.5. The summed E-state index contributed by atoms with van der Waals surface area (Å²) in [5, 5.41) is 11.7. The highest BCUT2D eigenvalue weighted by Gasteiger charge is 2.44. The van der Waals surface area contributed by atoms with Gasteiger partial charge >= 0.3 is 10.2 Å². The molecule has 1 saturated carbocycles. The first-order valence-electron chi connectivity index (χ1n) is 14.1. The third-order valence-electron chi connectivity index (χ3n) is 9.08. The zero-order valence-electron chi connectivity index (χ0n) is 22.6. The number of nitrogens with one attached hydrogen (secondary N) is 2. The predicted octanol–water partition coefficient (Wildman–Crippen LogP) is 4.11. The fourth-order valence-corrected chi connectivity index (χ4v) is 8.14. The van der Waals surface area contributed by atoms with E-state index in [1.165, 1.54) is 11.1 Å². The fraction of sp³-hybridized carbons (Fsp3) is 0.500. The van der Waals surface area contributed by atoms with Gasteiger partial charge in [0.05, 0.1) is 18.4 Å². The largest absolute Gasteiger partial charge is 0.490 e. The molecule has 1 fully saturated rings. The van der Waals surface area contributed by atoms with Crippen LogP contribution >= 0.6 is 11.6 Å². The first kappa shape index (κ1) is 27.6. The summed E-state index contributed by atoms with van der Waals surface area (Å²) in [6.45, 7) is 3.61. The molecule has 1 amide bonds. The van der Waals surface area contributed by atoms with Crippen LogP contribution < -0.4 is 19.1 Å². The Morgan fingerprint density at radius 3 is 2.83 bits per heavy atom. The van der Waals surface area contributed by atoms with Crippen LogP contribution in [-0.4, -0.2) is 51.3 Å². The molecule has 2 aliphatic heterocycles. The Bertz CT molecular complexity index is 1450.